The van der Waals surface area contributed by atoms with Crippen molar-refractivity contribution in [3.63, 3.8) is 0 Å². The second-order valence-corrected chi connectivity index (χ2v) is 17.8. The Morgan fingerprint density at radius 3 is 1.14 bits per heavy atom. The van der Waals surface area contributed by atoms with E-state index in [2.05, 4.69) is 13.8 Å². The molecule has 0 rings (SSSR count). The normalized spacial score (nSPS) is 13.4. The average molecular weight is 857 g/mol. The third-order valence-corrected chi connectivity index (χ3v) is 10.3. The molecular weight excluding hydrogens is 774 g/mol. The first kappa shape index (κ1) is 59.1. The van der Waals surface area contributed by atoms with E-state index in [0.717, 1.165) is 38.5 Å². The van der Waals surface area contributed by atoms with Crippen LogP contribution in [0.5, 0.6) is 0 Å². The molecule has 14 heteroatoms. The van der Waals surface area contributed by atoms with Crippen molar-refractivity contribution in [1.29, 1.82) is 0 Å². The number of hydrogen-bond acceptors (Lipinski definition) is 12. The Kier molecular flexibility index (Phi) is 40.8. The Morgan fingerprint density at radius 1 is 0.448 bits per heavy atom. The maximum atomic E-state index is 12.8. The summed E-state index contributed by atoms with van der Waals surface area (Å²) in [4.78, 5) is 62.6. The molecule has 0 aliphatic rings. The van der Waals surface area contributed by atoms with E-state index < -0.39 is 63.7 Å². The van der Waals surface area contributed by atoms with Gasteiger partial charge >= 0.3 is 53.4 Å². The Bertz CT molecular complexity index is 1070. The molecule has 0 aliphatic heterocycles. The summed E-state index contributed by atoms with van der Waals surface area (Å²) in [6, 6.07) is 0. The van der Waals surface area contributed by atoms with E-state index >= 15 is 0 Å². The standard InChI is InChI=1S/C44H83O12P.Na/c1-7-9-11-13-15-17-19-21-23-25-27-29-41(45)51-33-39(55-42(46)30-28-26-24-22-20-18-16-14-12-10-8-2)35-53-57(49,50)54-36-40(56-44(48)32-38(5)6)34-52-43(47)31-37(3)4;/h37-40H,7-36H2,1-6H3,(H,49,50);/q;+1/p-1/t39-,40?;/m1./s1. The molecule has 0 radical (unpaired) electrons. The summed E-state index contributed by atoms with van der Waals surface area (Å²) in [5, 5.41) is 0. The number of esters is 4. The molecule has 0 aromatic rings. The Hall–Kier alpha value is -1.01. The van der Waals surface area contributed by atoms with Crippen molar-refractivity contribution in [2.75, 3.05) is 26.4 Å². The van der Waals surface area contributed by atoms with E-state index in [4.69, 9.17) is 28.0 Å². The minimum absolute atomic E-state index is 0. The second-order valence-electron chi connectivity index (χ2n) is 16.4. The minimum atomic E-state index is -5.03. The third kappa shape index (κ3) is 40.4. The number of carbonyl (C=O) groups is 4. The van der Waals surface area contributed by atoms with Gasteiger partial charge in [-0.05, 0) is 24.7 Å². The number of phosphoric ester groups is 1. The number of hydrogen-bond donors (Lipinski definition) is 0. The first-order valence-corrected chi connectivity index (χ1v) is 24.0. The van der Waals surface area contributed by atoms with Crippen molar-refractivity contribution in [1.82, 2.24) is 0 Å². The van der Waals surface area contributed by atoms with Gasteiger partial charge in [0.25, 0.3) is 7.82 Å². The topological polar surface area (TPSA) is 164 Å². The molecule has 0 spiro atoms. The smallest absolute Gasteiger partial charge is 0.756 e. The second kappa shape index (κ2) is 40.1. The fraction of sp³-hybridized carbons (Fsp3) is 0.909. The molecule has 0 saturated heterocycles. The molecule has 58 heavy (non-hydrogen) atoms. The van der Waals surface area contributed by atoms with Gasteiger partial charge in [0.2, 0.25) is 0 Å². The van der Waals surface area contributed by atoms with Gasteiger partial charge in [0.1, 0.15) is 13.2 Å². The zero-order valence-electron chi connectivity index (χ0n) is 37.9. The van der Waals surface area contributed by atoms with Crippen molar-refractivity contribution < 1.29 is 86.2 Å². The van der Waals surface area contributed by atoms with E-state index in [1.165, 1.54) is 89.9 Å². The molecule has 0 heterocycles. The van der Waals surface area contributed by atoms with Gasteiger partial charge in [-0.2, -0.15) is 0 Å². The minimum Gasteiger partial charge on any atom is -0.756 e. The van der Waals surface area contributed by atoms with Crippen LogP contribution in [0.25, 0.3) is 0 Å². The predicted octanol–water partition coefficient (Wildman–Crippen LogP) is 7.90. The summed E-state index contributed by atoms with van der Waals surface area (Å²) in [7, 11) is -5.03. The molecule has 0 amide bonds. The maximum absolute atomic E-state index is 12.8. The monoisotopic (exact) mass is 857 g/mol. The molecular formula is C44H82NaO12P. The zero-order valence-corrected chi connectivity index (χ0v) is 40.8. The van der Waals surface area contributed by atoms with Crippen molar-refractivity contribution in [3.8, 4) is 0 Å². The van der Waals surface area contributed by atoms with Crippen LogP contribution >= 0.6 is 7.82 Å². The van der Waals surface area contributed by atoms with Crippen LogP contribution in [0.1, 0.15) is 208 Å². The Morgan fingerprint density at radius 2 is 0.759 bits per heavy atom. The number of ether oxygens (including phenoxy) is 4. The summed E-state index contributed by atoms with van der Waals surface area (Å²) < 4.78 is 44.4. The fourth-order valence-corrected chi connectivity index (χ4v) is 6.91. The SMILES string of the molecule is CCCCCCCCCCCCCC(=O)OC[C@H](COP(=O)([O-])OCC(COC(=O)CC(C)C)OC(=O)CC(C)C)OC(=O)CCCCCCCCCCCCC.[Na+]. The summed E-state index contributed by atoms with van der Waals surface area (Å²) in [5.74, 6) is -2.09. The van der Waals surface area contributed by atoms with Crippen molar-refractivity contribution >= 4 is 31.7 Å². The van der Waals surface area contributed by atoms with Crippen LogP contribution < -0.4 is 34.5 Å². The molecule has 0 aromatic carbocycles. The van der Waals surface area contributed by atoms with Crippen LogP contribution in [-0.2, 0) is 51.7 Å². The summed E-state index contributed by atoms with van der Waals surface area (Å²) in [6.07, 6.45) is 23.3. The predicted molar refractivity (Wildman–Crippen MR) is 222 cm³/mol. The van der Waals surface area contributed by atoms with E-state index in [0.29, 0.717) is 12.8 Å². The zero-order chi connectivity index (χ0) is 42.6. The summed E-state index contributed by atoms with van der Waals surface area (Å²) in [6.45, 7) is 9.71. The molecule has 336 valence electrons. The molecule has 2 unspecified atom stereocenters. The van der Waals surface area contributed by atoms with Crippen LogP contribution in [-0.4, -0.2) is 62.5 Å². The van der Waals surface area contributed by atoms with Crippen LogP contribution in [0.3, 0.4) is 0 Å². The van der Waals surface area contributed by atoms with Gasteiger partial charge in [0, 0.05) is 25.7 Å². The molecule has 3 atom stereocenters. The molecule has 0 bridgehead atoms. The van der Waals surface area contributed by atoms with Gasteiger partial charge in [-0.15, -0.1) is 0 Å². The van der Waals surface area contributed by atoms with Gasteiger partial charge in [0.05, 0.1) is 13.2 Å². The fourth-order valence-electron chi connectivity index (χ4n) is 6.13. The Labute approximate surface area is 375 Å². The van der Waals surface area contributed by atoms with Gasteiger partial charge in [0.15, 0.2) is 12.2 Å². The van der Waals surface area contributed by atoms with Crippen LogP contribution in [0.2, 0.25) is 0 Å². The van der Waals surface area contributed by atoms with Gasteiger partial charge in [-0.25, -0.2) is 0 Å². The van der Waals surface area contributed by atoms with Crippen molar-refractivity contribution in [3.05, 3.63) is 0 Å². The number of phosphoric acid groups is 1. The first-order chi connectivity index (χ1) is 27.3. The summed E-state index contributed by atoms with van der Waals surface area (Å²) in [5.41, 5.74) is 0. The van der Waals surface area contributed by atoms with E-state index in [1.54, 1.807) is 0 Å². The van der Waals surface area contributed by atoms with E-state index in [1.807, 2.05) is 27.7 Å². The number of rotatable bonds is 40. The first-order valence-electron chi connectivity index (χ1n) is 22.6. The number of unbranched alkanes of at least 4 members (excludes halogenated alkanes) is 20. The molecule has 0 N–H and O–H groups in total. The third-order valence-electron chi connectivity index (χ3n) is 9.41. The van der Waals surface area contributed by atoms with E-state index in [-0.39, 0.29) is 73.7 Å². The van der Waals surface area contributed by atoms with E-state index in [9.17, 15) is 28.6 Å². The van der Waals surface area contributed by atoms with Crippen LogP contribution in [0.15, 0.2) is 0 Å². The number of carbonyl (C=O) groups excluding carboxylic acids is 4. The molecule has 12 nitrogen and oxygen atoms in total. The molecule has 0 aliphatic carbocycles. The average Bonchev–Trinajstić information content (AvgIpc) is 3.14. The Balaban J connectivity index is 0. The maximum Gasteiger partial charge on any atom is 1.00 e. The quantitative estimate of drug-likeness (QED) is 0.0193. The largest absolute Gasteiger partial charge is 1.00 e. The van der Waals surface area contributed by atoms with Crippen molar-refractivity contribution in [2.24, 2.45) is 11.8 Å². The molecule has 0 fully saturated rings. The van der Waals surface area contributed by atoms with Gasteiger partial charge in [-0.1, -0.05) is 170 Å². The van der Waals surface area contributed by atoms with Gasteiger partial charge < -0.3 is 32.9 Å². The molecule has 0 saturated carbocycles. The summed E-state index contributed by atoms with van der Waals surface area (Å²) >= 11 is 0. The van der Waals surface area contributed by atoms with Gasteiger partial charge in [-0.3, -0.25) is 23.7 Å². The van der Waals surface area contributed by atoms with Crippen LogP contribution in [0.4, 0.5) is 0 Å². The van der Waals surface area contributed by atoms with Crippen LogP contribution in [0, 0.1) is 11.8 Å². The van der Waals surface area contributed by atoms with Crippen molar-refractivity contribution in [2.45, 2.75) is 221 Å². The molecule has 0 aromatic heterocycles.